The molecule has 0 bridgehead atoms. The number of hydrogen-bond acceptors (Lipinski definition) is 5. The lowest BCUT2D eigenvalue weighted by Crippen LogP contribution is -2.26. The Hall–Kier alpha value is -2.34. The van der Waals surface area contributed by atoms with Gasteiger partial charge in [-0.2, -0.15) is 0 Å². The van der Waals surface area contributed by atoms with Gasteiger partial charge in [0.05, 0.1) is 19.8 Å². The van der Waals surface area contributed by atoms with Crippen LogP contribution in [0.25, 0.3) is 12.2 Å². The minimum absolute atomic E-state index is 0.0521. The molecule has 2 aromatic carbocycles. The summed E-state index contributed by atoms with van der Waals surface area (Å²) >= 11 is 0. The average molecular weight is 411 g/mol. The van der Waals surface area contributed by atoms with Gasteiger partial charge in [0.1, 0.15) is 11.5 Å². The summed E-state index contributed by atoms with van der Waals surface area (Å²) in [6, 6.07) is 13.8. The molecule has 2 aromatic rings. The summed E-state index contributed by atoms with van der Waals surface area (Å²) < 4.78 is 23.7. The first-order chi connectivity index (χ1) is 14.8. The summed E-state index contributed by atoms with van der Waals surface area (Å²) in [6.45, 7) is 1.54. The van der Waals surface area contributed by atoms with E-state index in [-0.39, 0.29) is 19.2 Å². The average Bonchev–Trinajstić information content (AvgIpc) is 2.79. The van der Waals surface area contributed by atoms with Crippen LogP contribution in [0.2, 0.25) is 0 Å². The third-order valence-electron chi connectivity index (χ3n) is 5.34. The third-order valence-corrected chi connectivity index (χ3v) is 5.34. The number of benzene rings is 2. The molecule has 2 fully saturated rings. The van der Waals surface area contributed by atoms with Gasteiger partial charge in [-0.15, -0.1) is 0 Å². The lowest BCUT2D eigenvalue weighted by Gasteiger charge is -2.25. The Morgan fingerprint density at radius 1 is 0.767 bits per heavy atom. The zero-order valence-electron chi connectivity index (χ0n) is 17.3. The zero-order valence-corrected chi connectivity index (χ0v) is 17.3. The molecule has 30 heavy (non-hydrogen) atoms. The standard InChI is InChI=1S/C25H30O5/c26-18-20-10-7-19(8-11-20)9-12-21-15-22(29-24-5-1-3-13-27-24)17-23(16-21)30-25-6-2-4-14-28-25/h7-12,15-17,24-26H,1-6,13-14,18H2/b12-9+. The van der Waals surface area contributed by atoms with Crippen molar-refractivity contribution in [3.8, 4) is 11.5 Å². The second-order valence-corrected chi connectivity index (χ2v) is 7.80. The maximum absolute atomic E-state index is 9.20. The number of ether oxygens (including phenoxy) is 4. The number of aliphatic hydroxyl groups excluding tert-OH is 1. The fraction of sp³-hybridized carbons (Fsp3) is 0.440. The van der Waals surface area contributed by atoms with E-state index in [0.29, 0.717) is 0 Å². The van der Waals surface area contributed by atoms with Crippen LogP contribution in [-0.2, 0) is 16.1 Å². The monoisotopic (exact) mass is 410 g/mol. The molecular weight excluding hydrogens is 380 g/mol. The highest BCUT2D eigenvalue weighted by molar-refractivity contribution is 5.71. The van der Waals surface area contributed by atoms with Crippen LogP contribution in [0, 0.1) is 0 Å². The van der Waals surface area contributed by atoms with Crippen molar-refractivity contribution in [2.75, 3.05) is 13.2 Å². The maximum Gasteiger partial charge on any atom is 0.199 e. The van der Waals surface area contributed by atoms with E-state index in [4.69, 9.17) is 18.9 Å². The molecule has 2 aliphatic heterocycles. The largest absolute Gasteiger partial charge is 0.465 e. The second-order valence-electron chi connectivity index (χ2n) is 7.80. The molecule has 0 amide bonds. The van der Waals surface area contributed by atoms with Gasteiger partial charge < -0.3 is 24.1 Å². The van der Waals surface area contributed by atoms with Crippen molar-refractivity contribution in [3.05, 3.63) is 59.2 Å². The minimum atomic E-state index is -0.206. The lowest BCUT2D eigenvalue weighted by molar-refractivity contribution is -0.109. The predicted octanol–water partition coefficient (Wildman–Crippen LogP) is 5.16. The Bertz CT molecular complexity index is 780. The molecule has 0 saturated carbocycles. The summed E-state index contributed by atoms with van der Waals surface area (Å²) in [5.74, 6) is 1.48. The van der Waals surface area contributed by atoms with Gasteiger partial charge in [0.15, 0.2) is 12.6 Å². The van der Waals surface area contributed by atoms with Crippen LogP contribution in [-0.4, -0.2) is 30.9 Å². The molecule has 2 aliphatic rings. The van der Waals surface area contributed by atoms with E-state index in [9.17, 15) is 5.11 Å². The van der Waals surface area contributed by atoms with Gasteiger partial charge in [0.25, 0.3) is 0 Å². The van der Waals surface area contributed by atoms with Crippen molar-refractivity contribution in [1.29, 1.82) is 0 Å². The molecule has 4 rings (SSSR count). The SMILES string of the molecule is OCc1ccc(/C=C/c2cc(OC3CCCCO3)cc(OC3CCCCO3)c2)cc1. The molecule has 2 unspecified atom stereocenters. The lowest BCUT2D eigenvalue weighted by atomic mass is 10.1. The van der Waals surface area contributed by atoms with E-state index in [2.05, 4.69) is 0 Å². The molecule has 2 atom stereocenters. The predicted molar refractivity (Wildman–Crippen MR) is 116 cm³/mol. The fourth-order valence-electron chi connectivity index (χ4n) is 3.66. The minimum Gasteiger partial charge on any atom is -0.465 e. The van der Waals surface area contributed by atoms with Crippen molar-refractivity contribution in [2.24, 2.45) is 0 Å². The van der Waals surface area contributed by atoms with Gasteiger partial charge in [-0.3, -0.25) is 0 Å². The summed E-state index contributed by atoms with van der Waals surface area (Å²) in [4.78, 5) is 0. The molecule has 0 aliphatic carbocycles. The first kappa shape index (κ1) is 20.9. The molecule has 5 heteroatoms. The first-order valence-electron chi connectivity index (χ1n) is 10.9. The molecule has 1 N–H and O–H groups in total. The molecule has 2 saturated heterocycles. The van der Waals surface area contributed by atoms with Gasteiger partial charge in [-0.1, -0.05) is 36.4 Å². The van der Waals surface area contributed by atoms with E-state index in [1.165, 1.54) is 0 Å². The Morgan fingerprint density at radius 3 is 1.83 bits per heavy atom. The van der Waals surface area contributed by atoms with Crippen LogP contribution in [0.5, 0.6) is 11.5 Å². The maximum atomic E-state index is 9.20. The van der Waals surface area contributed by atoms with Gasteiger partial charge in [0.2, 0.25) is 0 Å². The summed E-state index contributed by atoms with van der Waals surface area (Å²) in [7, 11) is 0. The van der Waals surface area contributed by atoms with Crippen LogP contribution in [0.4, 0.5) is 0 Å². The molecule has 0 spiro atoms. The molecule has 0 radical (unpaired) electrons. The smallest absolute Gasteiger partial charge is 0.199 e. The van der Waals surface area contributed by atoms with Crippen LogP contribution >= 0.6 is 0 Å². The van der Waals surface area contributed by atoms with E-state index < -0.39 is 0 Å². The van der Waals surface area contributed by atoms with Gasteiger partial charge in [0, 0.05) is 18.9 Å². The Labute approximate surface area is 178 Å². The van der Waals surface area contributed by atoms with E-state index in [0.717, 1.165) is 79.9 Å². The molecular formula is C25H30O5. The summed E-state index contributed by atoms with van der Waals surface area (Å²) in [6.07, 6.45) is 9.88. The van der Waals surface area contributed by atoms with E-state index >= 15 is 0 Å². The highest BCUT2D eigenvalue weighted by Crippen LogP contribution is 2.29. The Kier molecular flexibility index (Phi) is 7.40. The van der Waals surface area contributed by atoms with Gasteiger partial charge >= 0.3 is 0 Å². The highest BCUT2D eigenvalue weighted by atomic mass is 16.7. The summed E-state index contributed by atoms with van der Waals surface area (Å²) in [5.41, 5.74) is 2.95. The number of aliphatic hydroxyl groups is 1. The van der Waals surface area contributed by atoms with Gasteiger partial charge in [-0.05, 0) is 54.5 Å². The van der Waals surface area contributed by atoms with Crippen LogP contribution in [0.1, 0.15) is 55.2 Å². The van der Waals surface area contributed by atoms with Crippen molar-refractivity contribution in [1.82, 2.24) is 0 Å². The van der Waals surface area contributed by atoms with E-state index in [1.807, 2.05) is 54.6 Å². The third kappa shape index (κ3) is 6.08. The number of rotatable bonds is 7. The second kappa shape index (κ2) is 10.6. The summed E-state index contributed by atoms with van der Waals surface area (Å²) in [5, 5.41) is 9.20. The quantitative estimate of drug-likeness (QED) is 0.639. The first-order valence-corrected chi connectivity index (χ1v) is 10.9. The van der Waals surface area contributed by atoms with Crippen molar-refractivity contribution < 1.29 is 24.1 Å². The highest BCUT2D eigenvalue weighted by Gasteiger charge is 2.18. The van der Waals surface area contributed by atoms with Crippen LogP contribution in [0.15, 0.2) is 42.5 Å². The molecule has 5 nitrogen and oxygen atoms in total. The van der Waals surface area contributed by atoms with Crippen LogP contribution in [0.3, 0.4) is 0 Å². The number of hydrogen-bond donors (Lipinski definition) is 1. The van der Waals surface area contributed by atoms with Crippen molar-refractivity contribution in [3.63, 3.8) is 0 Å². The molecule has 160 valence electrons. The van der Waals surface area contributed by atoms with Gasteiger partial charge in [-0.25, -0.2) is 0 Å². The Balaban J connectivity index is 1.52. The molecule has 2 heterocycles. The van der Waals surface area contributed by atoms with Crippen LogP contribution < -0.4 is 9.47 Å². The normalized spacial score (nSPS) is 22.2. The van der Waals surface area contributed by atoms with Crippen molar-refractivity contribution in [2.45, 2.75) is 57.7 Å². The van der Waals surface area contributed by atoms with Crippen molar-refractivity contribution >= 4 is 12.2 Å². The topological polar surface area (TPSA) is 57.2 Å². The van der Waals surface area contributed by atoms with E-state index in [1.54, 1.807) is 0 Å². The Morgan fingerprint density at radius 2 is 1.33 bits per heavy atom. The zero-order chi connectivity index (χ0) is 20.6. The molecule has 0 aromatic heterocycles. The fourth-order valence-corrected chi connectivity index (χ4v) is 3.66.